The zero-order valence-corrected chi connectivity index (χ0v) is 16.2. The van der Waals surface area contributed by atoms with Gasteiger partial charge in [-0.1, -0.05) is 41.6 Å². The molecule has 3 amide bonds. The van der Waals surface area contributed by atoms with E-state index in [-0.39, 0.29) is 23.9 Å². The number of hydrogen-bond donors (Lipinski definition) is 1. The van der Waals surface area contributed by atoms with Gasteiger partial charge in [0, 0.05) is 17.7 Å². The summed E-state index contributed by atoms with van der Waals surface area (Å²) < 4.78 is 5.17. The van der Waals surface area contributed by atoms with E-state index in [2.05, 4.69) is 15.5 Å². The fourth-order valence-electron chi connectivity index (χ4n) is 3.49. The molecule has 1 aromatic heterocycles. The summed E-state index contributed by atoms with van der Waals surface area (Å²) in [5, 5.41) is 17.5. The SMILES string of the molecule is Cc1ccccc1C1(C)NC(=O)N(Cc2nc(-c3cccc([N+](=O)[O-])c3)no2)C1=O. The van der Waals surface area contributed by atoms with Gasteiger partial charge in [-0.25, -0.2) is 4.79 Å². The molecular weight excluding hydrogens is 390 g/mol. The molecule has 0 spiro atoms. The summed E-state index contributed by atoms with van der Waals surface area (Å²) in [7, 11) is 0. The van der Waals surface area contributed by atoms with E-state index in [9.17, 15) is 19.7 Å². The molecule has 4 rings (SSSR count). The minimum Gasteiger partial charge on any atom is -0.337 e. The van der Waals surface area contributed by atoms with E-state index in [1.165, 1.54) is 18.2 Å². The molecular formula is C20H17N5O5. The molecule has 10 nitrogen and oxygen atoms in total. The van der Waals surface area contributed by atoms with E-state index < -0.39 is 22.4 Å². The molecule has 3 aromatic rings. The highest BCUT2D eigenvalue weighted by molar-refractivity contribution is 6.07. The van der Waals surface area contributed by atoms with Gasteiger partial charge in [0.2, 0.25) is 11.7 Å². The van der Waals surface area contributed by atoms with Gasteiger partial charge in [0.25, 0.3) is 11.6 Å². The van der Waals surface area contributed by atoms with E-state index in [4.69, 9.17) is 4.52 Å². The Labute approximate surface area is 170 Å². The van der Waals surface area contributed by atoms with E-state index in [1.807, 2.05) is 19.1 Å². The normalized spacial score (nSPS) is 18.5. The van der Waals surface area contributed by atoms with Crippen LogP contribution in [-0.2, 0) is 16.9 Å². The molecule has 30 heavy (non-hydrogen) atoms. The Balaban J connectivity index is 1.58. The van der Waals surface area contributed by atoms with Gasteiger partial charge in [0.15, 0.2) is 0 Å². The lowest BCUT2D eigenvalue weighted by Crippen LogP contribution is -2.41. The summed E-state index contributed by atoms with van der Waals surface area (Å²) in [5.41, 5.74) is 0.656. The van der Waals surface area contributed by atoms with Crippen LogP contribution >= 0.6 is 0 Å². The average Bonchev–Trinajstić information content (AvgIpc) is 3.28. The predicted molar refractivity (Wildman–Crippen MR) is 104 cm³/mol. The number of aromatic nitrogens is 2. The van der Waals surface area contributed by atoms with Crippen molar-refractivity contribution in [3.63, 3.8) is 0 Å². The fraction of sp³-hybridized carbons (Fsp3) is 0.200. The smallest absolute Gasteiger partial charge is 0.325 e. The largest absolute Gasteiger partial charge is 0.337 e. The molecule has 1 atom stereocenters. The van der Waals surface area contributed by atoms with Gasteiger partial charge in [0.1, 0.15) is 12.1 Å². The Morgan fingerprint density at radius 2 is 1.97 bits per heavy atom. The van der Waals surface area contributed by atoms with Gasteiger partial charge in [-0.3, -0.25) is 19.8 Å². The number of aryl methyl sites for hydroxylation is 1. The number of benzene rings is 2. The number of imide groups is 1. The average molecular weight is 407 g/mol. The minimum atomic E-state index is -1.20. The number of hydrogen-bond acceptors (Lipinski definition) is 7. The molecule has 2 heterocycles. The topological polar surface area (TPSA) is 131 Å². The van der Waals surface area contributed by atoms with Crippen molar-refractivity contribution < 1.29 is 19.0 Å². The minimum absolute atomic E-state index is 0.0361. The first-order chi connectivity index (χ1) is 14.3. The molecule has 1 saturated heterocycles. The first-order valence-electron chi connectivity index (χ1n) is 9.07. The number of nitrogens with zero attached hydrogens (tertiary/aromatic N) is 4. The summed E-state index contributed by atoms with van der Waals surface area (Å²) >= 11 is 0. The summed E-state index contributed by atoms with van der Waals surface area (Å²) in [4.78, 5) is 41.2. The Hall–Kier alpha value is -4.08. The molecule has 1 aliphatic heterocycles. The highest BCUT2D eigenvalue weighted by Gasteiger charge is 2.49. The number of nitro groups is 1. The molecule has 1 fully saturated rings. The van der Waals surface area contributed by atoms with Crippen LogP contribution in [0, 0.1) is 17.0 Å². The van der Waals surface area contributed by atoms with Crippen LogP contribution in [-0.4, -0.2) is 31.9 Å². The fourth-order valence-corrected chi connectivity index (χ4v) is 3.49. The summed E-state index contributed by atoms with van der Waals surface area (Å²) in [6, 6.07) is 12.5. The highest BCUT2D eigenvalue weighted by Crippen LogP contribution is 2.32. The van der Waals surface area contributed by atoms with E-state index in [0.29, 0.717) is 11.1 Å². The summed E-state index contributed by atoms with van der Waals surface area (Å²) in [6.07, 6.45) is 0. The van der Waals surface area contributed by atoms with Gasteiger partial charge in [-0.05, 0) is 25.0 Å². The molecule has 0 radical (unpaired) electrons. The Kier molecular flexibility index (Phi) is 4.53. The number of carbonyl (C=O) groups is 2. The van der Waals surface area contributed by atoms with Crippen LogP contribution in [0.2, 0.25) is 0 Å². The lowest BCUT2D eigenvalue weighted by Gasteiger charge is -2.23. The number of amides is 3. The predicted octanol–water partition coefficient (Wildman–Crippen LogP) is 2.92. The quantitative estimate of drug-likeness (QED) is 0.391. The van der Waals surface area contributed by atoms with E-state index in [1.54, 1.807) is 25.1 Å². The van der Waals surface area contributed by atoms with Crippen LogP contribution < -0.4 is 5.32 Å². The molecule has 0 aliphatic carbocycles. The third-order valence-corrected chi connectivity index (χ3v) is 5.04. The lowest BCUT2D eigenvalue weighted by molar-refractivity contribution is -0.384. The van der Waals surface area contributed by atoms with Crippen molar-refractivity contribution in [1.82, 2.24) is 20.4 Å². The van der Waals surface area contributed by atoms with Crippen LogP contribution in [0.15, 0.2) is 53.1 Å². The highest BCUT2D eigenvalue weighted by atomic mass is 16.6. The summed E-state index contributed by atoms with van der Waals surface area (Å²) in [6.45, 7) is 3.30. The first-order valence-corrected chi connectivity index (χ1v) is 9.07. The number of nitrogens with one attached hydrogen (secondary N) is 1. The van der Waals surface area contributed by atoms with Crippen LogP contribution in [0.3, 0.4) is 0 Å². The van der Waals surface area contributed by atoms with Gasteiger partial charge in [0.05, 0.1) is 4.92 Å². The second-order valence-electron chi connectivity index (χ2n) is 7.08. The van der Waals surface area contributed by atoms with Crippen molar-refractivity contribution in [3.05, 3.63) is 75.7 Å². The number of non-ortho nitro benzene ring substituents is 1. The molecule has 1 N–H and O–H groups in total. The number of carbonyl (C=O) groups excluding carboxylic acids is 2. The van der Waals surface area contributed by atoms with Crippen molar-refractivity contribution in [1.29, 1.82) is 0 Å². The monoisotopic (exact) mass is 407 g/mol. The summed E-state index contributed by atoms with van der Waals surface area (Å²) in [5.74, 6) is -0.270. The van der Waals surface area contributed by atoms with Crippen molar-refractivity contribution in [3.8, 4) is 11.4 Å². The number of rotatable bonds is 5. The van der Waals surface area contributed by atoms with Gasteiger partial charge in [-0.15, -0.1) is 0 Å². The van der Waals surface area contributed by atoms with Crippen LogP contribution in [0.1, 0.15) is 23.9 Å². The van der Waals surface area contributed by atoms with Crippen molar-refractivity contribution in [2.75, 3.05) is 0 Å². The third-order valence-electron chi connectivity index (χ3n) is 5.04. The maximum absolute atomic E-state index is 13.1. The molecule has 1 aliphatic rings. The van der Waals surface area contributed by atoms with Crippen LogP contribution in [0.25, 0.3) is 11.4 Å². The molecule has 152 valence electrons. The Bertz CT molecular complexity index is 1170. The zero-order valence-electron chi connectivity index (χ0n) is 16.2. The van der Waals surface area contributed by atoms with Crippen LogP contribution in [0.5, 0.6) is 0 Å². The Morgan fingerprint density at radius 3 is 2.70 bits per heavy atom. The zero-order chi connectivity index (χ0) is 21.5. The molecule has 1 unspecified atom stereocenters. The maximum Gasteiger partial charge on any atom is 0.325 e. The molecule has 2 aromatic carbocycles. The second-order valence-corrected chi connectivity index (χ2v) is 7.08. The third kappa shape index (κ3) is 3.17. The standard InChI is InChI=1S/C20H17N5O5/c1-12-6-3-4-9-15(12)20(2)18(26)24(19(27)22-20)11-16-21-17(23-30-16)13-7-5-8-14(10-13)25(28)29/h3-10H,11H2,1-2H3,(H,22,27). The van der Waals surface area contributed by atoms with Gasteiger partial charge >= 0.3 is 6.03 Å². The lowest BCUT2D eigenvalue weighted by atomic mass is 9.88. The first kappa shape index (κ1) is 19.2. The molecule has 0 bridgehead atoms. The van der Waals surface area contributed by atoms with Gasteiger partial charge in [-0.2, -0.15) is 4.98 Å². The second kappa shape index (κ2) is 7.07. The van der Waals surface area contributed by atoms with E-state index in [0.717, 1.165) is 10.5 Å². The maximum atomic E-state index is 13.1. The molecule has 0 saturated carbocycles. The Morgan fingerprint density at radius 1 is 1.20 bits per heavy atom. The van der Waals surface area contributed by atoms with Gasteiger partial charge < -0.3 is 9.84 Å². The van der Waals surface area contributed by atoms with Crippen molar-refractivity contribution in [2.45, 2.75) is 25.9 Å². The van der Waals surface area contributed by atoms with Crippen molar-refractivity contribution >= 4 is 17.6 Å². The number of urea groups is 1. The van der Waals surface area contributed by atoms with Crippen molar-refractivity contribution in [2.24, 2.45) is 0 Å². The van der Waals surface area contributed by atoms with Crippen LogP contribution in [0.4, 0.5) is 10.5 Å². The molecule has 10 heteroatoms. The van der Waals surface area contributed by atoms with E-state index >= 15 is 0 Å². The number of nitro benzene ring substituents is 1.